The first-order chi connectivity index (χ1) is 18.7. The first-order valence-electron chi connectivity index (χ1n) is 15.9. The van der Waals surface area contributed by atoms with E-state index in [0.29, 0.717) is 18.3 Å². The van der Waals surface area contributed by atoms with Crippen molar-refractivity contribution in [1.82, 2.24) is 0 Å². The molecule has 0 aliphatic carbocycles. The van der Waals surface area contributed by atoms with Gasteiger partial charge in [0.25, 0.3) is 0 Å². The normalized spacial score (nSPS) is 13.9. The molecule has 0 aliphatic rings. The summed E-state index contributed by atoms with van der Waals surface area (Å²) >= 11 is 0. The van der Waals surface area contributed by atoms with Gasteiger partial charge in [0, 0.05) is 18.1 Å². The van der Waals surface area contributed by atoms with Gasteiger partial charge in [0.05, 0.1) is 0 Å². The summed E-state index contributed by atoms with van der Waals surface area (Å²) in [5, 5.41) is 11.6. The van der Waals surface area contributed by atoms with Gasteiger partial charge in [-0.15, -0.1) is 0 Å². The summed E-state index contributed by atoms with van der Waals surface area (Å²) in [5.74, 6) is 1.16. The van der Waals surface area contributed by atoms with E-state index in [4.69, 9.17) is 4.52 Å². The number of unbranched alkanes of at least 4 members (excludes halogenated alkanes) is 5. The van der Waals surface area contributed by atoms with Gasteiger partial charge in [0.15, 0.2) is 0 Å². The predicted molar refractivity (Wildman–Crippen MR) is 180 cm³/mol. The molecule has 0 amide bonds. The van der Waals surface area contributed by atoms with Gasteiger partial charge in [-0.1, -0.05) is 146 Å². The van der Waals surface area contributed by atoms with Crippen LogP contribution in [0.15, 0.2) is 24.3 Å². The number of benzene rings is 2. The van der Waals surface area contributed by atoms with Crippen LogP contribution < -0.4 is 4.52 Å². The van der Waals surface area contributed by atoms with E-state index >= 15 is 0 Å². The third-order valence-electron chi connectivity index (χ3n) is 7.98. The highest BCUT2D eigenvalue weighted by atomic mass is 31.2. The monoisotopic (exact) mass is 584 g/mol. The molecule has 41 heavy (non-hydrogen) atoms. The second kappa shape index (κ2) is 13.8. The molecule has 0 radical (unpaired) electrons. The lowest BCUT2D eigenvalue weighted by Crippen LogP contribution is -2.19. The van der Waals surface area contributed by atoms with Crippen molar-refractivity contribution in [2.75, 3.05) is 6.16 Å². The Morgan fingerprint density at radius 3 is 1.56 bits per heavy atom. The zero-order valence-corrected chi connectivity index (χ0v) is 29.6. The topological polar surface area (TPSA) is 49.7 Å². The lowest BCUT2D eigenvalue weighted by atomic mass is 9.76. The molecule has 2 aromatic carbocycles. The third-order valence-corrected chi connectivity index (χ3v) is 9.08. The second-order valence-corrected chi connectivity index (χ2v) is 17.5. The Balaban J connectivity index is 2.66. The van der Waals surface area contributed by atoms with Gasteiger partial charge in [0.1, 0.15) is 11.5 Å². The zero-order chi connectivity index (χ0) is 31.4. The molecule has 0 spiro atoms. The molecule has 1 unspecified atom stereocenters. The summed E-state index contributed by atoms with van der Waals surface area (Å²) < 4.78 is 6.54. The first-order valence-corrected chi connectivity index (χ1v) is 17.2. The Bertz CT molecular complexity index is 1140. The van der Waals surface area contributed by atoms with E-state index in [-0.39, 0.29) is 21.7 Å². The Hall–Kier alpha value is -1.57. The Morgan fingerprint density at radius 2 is 1.07 bits per heavy atom. The van der Waals surface area contributed by atoms with Crippen LogP contribution in [0.5, 0.6) is 11.5 Å². The summed E-state index contributed by atoms with van der Waals surface area (Å²) in [7, 11) is -1.59. The molecule has 0 fully saturated rings. The highest BCUT2D eigenvalue weighted by Gasteiger charge is 2.30. The van der Waals surface area contributed by atoms with Crippen LogP contribution in [0, 0.1) is 0 Å². The van der Waals surface area contributed by atoms with Crippen LogP contribution in [0.25, 0.3) is 0 Å². The lowest BCUT2D eigenvalue weighted by molar-refractivity contribution is 0.438. The Kier molecular flexibility index (Phi) is 12.0. The molecule has 0 aromatic heterocycles. The quantitative estimate of drug-likeness (QED) is 0.204. The molecule has 3 nitrogen and oxygen atoms in total. The molecule has 1 atom stereocenters. The van der Waals surface area contributed by atoms with Gasteiger partial charge in [0.2, 0.25) is 8.38 Å². The van der Waals surface area contributed by atoms with Crippen LogP contribution >= 0.6 is 8.38 Å². The predicted octanol–water partition coefficient (Wildman–Crippen LogP) is 11.2. The fraction of sp³-hybridized carbons (Fsp3) is 0.676. The van der Waals surface area contributed by atoms with Crippen molar-refractivity contribution in [2.24, 2.45) is 0 Å². The largest absolute Gasteiger partial charge is 0.507 e. The maximum atomic E-state index is 11.6. The number of rotatable bonds is 11. The molecule has 0 aliphatic heterocycles. The Labute approximate surface area is 254 Å². The minimum Gasteiger partial charge on any atom is -0.507 e. The minimum absolute atomic E-state index is 0.0534. The summed E-state index contributed by atoms with van der Waals surface area (Å²) in [5.41, 5.74) is 6.02. The SMILES string of the molecule is CCCCCCCCP(O)Oc1c(Cc2cc(C(C)(C)C)cc(C(C)(C)C)c2O)cc(C(C)(C)C)cc1C(C)(C)C. The molecule has 0 saturated heterocycles. The molecule has 0 bridgehead atoms. The van der Waals surface area contributed by atoms with E-state index in [0.717, 1.165) is 40.8 Å². The number of hydrogen-bond acceptors (Lipinski definition) is 3. The molecule has 4 heteroatoms. The van der Waals surface area contributed by atoms with Crippen molar-refractivity contribution in [1.29, 1.82) is 0 Å². The molecule has 0 heterocycles. The highest BCUT2D eigenvalue weighted by Crippen LogP contribution is 2.46. The van der Waals surface area contributed by atoms with Crippen LogP contribution in [0.3, 0.4) is 0 Å². The van der Waals surface area contributed by atoms with E-state index < -0.39 is 8.38 Å². The van der Waals surface area contributed by atoms with Gasteiger partial charge >= 0.3 is 0 Å². The number of aromatic hydroxyl groups is 1. The molecule has 2 N–H and O–H groups in total. The fourth-order valence-corrected chi connectivity index (χ4v) is 6.15. The van der Waals surface area contributed by atoms with E-state index in [9.17, 15) is 10.00 Å². The molecule has 2 aromatic rings. The summed E-state index contributed by atoms with van der Waals surface area (Å²) in [6.45, 7) is 28.8. The van der Waals surface area contributed by atoms with Crippen molar-refractivity contribution in [3.05, 3.63) is 57.6 Å². The number of phenolic OH excluding ortho intramolecular Hbond substituents is 1. The van der Waals surface area contributed by atoms with E-state index in [1.165, 1.54) is 36.8 Å². The van der Waals surface area contributed by atoms with Crippen molar-refractivity contribution in [3.8, 4) is 11.5 Å². The molecular formula is C37H61O3P. The summed E-state index contributed by atoms with van der Waals surface area (Å²) in [6, 6.07) is 8.88. The lowest BCUT2D eigenvalue weighted by Gasteiger charge is -2.31. The Morgan fingerprint density at radius 1 is 0.610 bits per heavy atom. The maximum absolute atomic E-state index is 11.6. The van der Waals surface area contributed by atoms with Crippen LogP contribution in [-0.2, 0) is 28.1 Å². The molecule has 0 saturated carbocycles. The van der Waals surface area contributed by atoms with Crippen molar-refractivity contribution < 1.29 is 14.5 Å². The summed E-state index contributed by atoms with van der Waals surface area (Å²) in [4.78, 5) is 11.2. The van der Waals surface area contributed by atoms with Crippen LogP contribution in [0.1, 0.15) is 162 Å². The van der Waals surface area contributed by atoms with Gasteiger partial charge in [-0.2, -0.15) is 0 Å². The first kappa shape index (κ1) is 35.6. The number of hydrogen-bond donors (Lipinski definition) is 2. The standard InChI is InChI=1S/C37H61O3P/c1-14-15-16-17-18-19-20-41(39)40-33-27(23-29(35(5,6)7)25-31(33)37(11,12)13)21-26-22-28(34(2,3)4)24-30(32(26)38)36(8,9)10/h22-25,38-39H,14-21H2,1-13H3. The third kappa shape index (κ3) is 10.3. The van der Waals surface area contributed by atoms with Crippen molar-refractivity contribution in [2.45, 2.75) is 157 Å². The smallest absolute Gasteiger partial charge is 0.227 e. The van der Waals surface area contributed by atoms with E-state index in [2.05, 4.69) is 114 Å². The van der Waals surface area contributed by atoms with Gasteiger partial charge in [-0.3, -0.25) is 0 Å². The minimum atomic E-state index is -1.59. The van der Waals surface area contributed by atoms with Crippen molar-refractivity contribution >= 4 is 8.38 Å². The van der Waals surface area contributed by atoms with Gasteiger partial charge < -0.3 is 14.5 Å². The van der Waals surface area contributed by atoms with Crippen LogP contribution in [-0.4, -0.2) is 16.2 Å². The maximum Gasteiger partial charge on any atom is 0.227 e. The van der Waals surface area contributed by atoms with Gasteiger partial charge in [-0.05, 0) is 55.9 Å². The zero-order valence-electron chi connectivity index (χ0n) is 28.7. The van der Waals surface area contributed by atoms with Crippen LogP contribution in [0.4, 0.5) is 0 Å². The average molecular weight is 585 g/mol. The molecule has 2 rings (SSSR count). The van der Waals surface area contributed by atoms with E-state index in [1.807, 2.05) is 0 Å². The van der Waals surface area contributed by atoms with Crippen molar-refractivity contribution in [3.63, 3.8) is 0 Å². The van der Waals surface area contributed by atoms with Crippen LogP contribution in [0.2, 0.25) is 0 Å². The molecular weight excluding hydrogens is 523 g/mol. The molecule has 232 valence electrons. The summed E-state index contributed by atoms with van der Waals surface area (Å²) in [6.07, 6.45) is 8.35. The highest BCUT2D eigenvalue weighted by molar-refractivity contribution is 7.46. The fourth-order valence-electron chi connectivity index (χ4n) is 5.14. The number of phenols is 1. The second-order valence-electron chi connectivity index (χ2n) is 16.2. The van der Waals surface area contributed by atoms with Gasteiger partial charge in [-0.25, -0.2) is 0 Å². The van der Waals surface area contributed by atoms with E-state index in [1.54, 1.807) is 0 Å². The average Bonchev–Trinajstić information content (AvgIpc) is 2.80.